The average Bonchev–Trinajstić information content (AvgIpc) is 0.709. The Hall–Kier alpha value is -11.2. The van der Waals surface area contributed by atoms with Gasteiger partial charge in [0.1, 0.15) is 24.4 Å². The van der Waals surface area contributed by atoms with Crippen LogP contribution in [-0.2, 0) is 98.8 Å². The van der Waals surface area contributed by atoms with Crippen LogP contribution >= 0.6 is 0 Å². The van der Waals surface area contributed by atoms with Crippen molar-refractivity contribution in [1.29, 1.82) is 0 Å². The molecule has 0 saturated heterocycles. The third-order valence-electron chi connectivity index (χ3n) is 19.6. The lowest BCUT2D eigenvalue weighted by Gasteiger charge is -2.46. The first-order chi connectivity index (χ1) is 59.1. The van der Waals surface area contributed by atoms with Gasteiger partial charge in [0.15, 0.2) is 0 Å². The molecule has 0 aliphatic carbocycles. The summed E-state index contributed by atoms with van der Waals surface area (Å²) in [6, 6.07) is 3.77. The summed E-state index contributed by atoms with van der Waals surface area (Å²) in [5, 5.41) is 0. The first-order valence-electron chi connectivity index (χ1n) is 35.6. The van der Waals surface area contributed by atoms with E-state index in [9.17, 15) is 211 Å². The molecule has 10 N–H and O–H groups in total. The molecule has 0 radical (unpaired) electrons. The minimum absolute atomic E-state index is 0. The van der Waals surface area contributed by atoms with Gasteiger partial charge >= 0.3 is 98.8 Å². The highest BCUT2D eigenvalue weighted by molar-refractivity contribution is 7.20. The monoisotopic (exact) mass is 2010 g/mol. The molecule has 0 aliphatic heterocycles. The standard InChI is InChI=1S/2C32H12BF24.2C8H11N.2H2O/c2*34-25(35,36)13-1-14(26(37,38)39)6-21(5-13)33(22-7-15(27(40,41)42)2-16(8-22)28(43,44)45,23-9-17(29(46,47)48)3-18(10-23)30(49,50)51)24-11-19(31(52,53)54)4-20(12-24)32(55,56)57;2*1-7(9)8-5-3-2-4-6-8;;/h2*1-12H;2*2-7H,9H2,1H3;2*1H2/q2*-1;;;;/p+2/t;;2*7-;;/m..11../s1. The highest BCUT2D eigenvalue weighted by atomic mass is 19.5. The zero-order chi connectivity index (χ0) is 101. The van der Waals surface area contributed by atoms with Gasteiger partial charge in [-0.25, -0.2) is 0 Å². The van der Waals surface area contributed by atoms with Crippen LogP contribution in [-0.4, -0.2) is 23.2 Å². The molecule has 0 unspecified atom stereocenters. The first-order valence-corrected chi connectivity index (χ1v) is 35.6. The maximum Gasteiger partial charge on any atom is 0.416 e. The van der Waals surface area contributed by atoms with Crippen molar-refractivity contribution < 1.29 is 233 Å². The molecule has 0 heterocycles. The van der Waals surface area contributed by atoms with E-state index in [0.717, 1.165) is 0 Å². The van der Waals surface area contributed by atoms with Gasteiger partial charge in [-0.3, -0.25) is 0 Å². The molecule has 0 amide bonds. The van der Waals surface area contributed by atoms with Crippen LogP contribution in [0.15, 0.2) is 206 Å². The molecule has 54 heteroatoms. The first kappa shape index (κ1) is 113. The van der Waals surface area contributed by atoms with Gasteiger partial charge < -0.3 is 22.4 Å². The van der Waals surface area contributed by atoms with Crippen LogP contribution < -0.4 is 55.2 Å². The highest BCUT2D eigenvalue weighted by Crippen LogP contribution is 2.47. The molecule has 0 aliphatic rings. The summed E-state index contributed by atoms with van der Waals surface area (Å²) in [6.07, 6.45) is -110. The molecule has 10 aromatic carbocycles. The Morgan fingerprint density at radius 1 is 0.157 bits per heavy atom. The normalized spacial score (nSPS) is 13.9. The van der Waals surface area contributed by atoms with Gasteiger partial charge in [-0.2, -0.15) is 254 Å². The number of hydrogen-bond acceptors (Lipinski definition) is 0. The number of benzene rings is 10. The molecule has 736 valence electrons. The summed E-state index contributed by atoms with van der Waals surface area (Å²) in [7, 11) is 0. The Labute approximate surface area is 718 Å². The summed E-state index contributed by atoms with van der Waals surface area (Å²) in [5.74, 6) is 0. The summed E-state index contributed by atoms with van der Waals surface area (Å²) >= 11 is 0. The van der Waals surface area contributed by atoms with Crippen molar-refractivity contribution >= 4 is 56.0 Å². The van der Waals surface area contributed by atoms with Crippen LogP contribution in [0.4, 0.5) is 211 Å². The summed E-state index contributed by atoms with van der Waals surface area (Å²) < 4.78 is 682. The van der Waals surface area contributed by atoms with E-state index in [2.05, 4.69) is 49.6 Å². The number of hydrogen-bond donors (Lipinski definition) is 2. The van der Waals surface area contributed by atoms with Crippen molar-refractivity contribution in [3.8, 4) is 0 Å². The second kappa shape index (κ2) is 38.5. The lowest BCUT2D eigenvalue weighted by Crippen LogP contribution is -2.75. The average molecular weight is 2010 g/mol. The minimum Gasteiger partial charge on any atom is -0.412 e. The van der Waals surface area contributed by atoms with Crippen molar-refractivity contribution in [3.63, 3.8) is 0 Å². The van der Waals surface area contributed by atoms with E-state index in [1.165, 1.54) is 11.1 Å². The van der Waals surface area contributed by atoms with Crippen LogP contribution in [0.25, 0.3) is 0 Å². The van der Waals surface area contributed by atoms with E-state index in [0.29, 0.717) is 12.1 Å². The Balaban J connectivity index is 0.000000392. The molecular weight excluding hydrogens is 1950 g/mol. The molecule has 0 aromatic heterocycles. The molecule has 4 nitrogen and oxygen atoms in total. The van der Waals surface area contributed by atoms with Gasteiger partial charge in [-0.15, -0.1) is 0 Å². The molecule has 2 atom stereocenters. The predicted molar refractivity (Wildman–Crippen MR) is 383 cm³/mol. The van der Waals surface area contributed by atoms with Crippen molar-refractivity contribution in [2.75, 3.05) is 0 Å². The largest absolute Gasteiger partial charge is 0.416 e. The fraction of sp³-hybridized carbons (Fsp3) is 0.250. The smallest absolute Gasteiger partial charge is 0.412 e. The van der Waals surface area contributed by atoms with Crippen LogP contribution in [0.1, 0.15) is 126 Å². The number of quaternary nitrogens is 2. The van der Waals surface area contributed by atoms with Gasteiger partial charge in [0, 0.05) is 11.1 Å². The van der Waals surface area contributed by atoms with E-state index in [4.69, 9.17) is 0 Å². The molecule has 0 saturated carbocycles. The van der Waals surface area contributed by atoms with Crippen molar-refractivity contribution in [1.82, 2.24) is 0 Å². The number of halogens is 48. The summed E-state index contributed by atoms with van der Waals surface area (Å²) in [5.41, 5.74) is -50.0. The maximum absolute atomic E-state index is 14.2. The second-order valence-electron chi connectivity index (χ2n) is 29.1. The Morgan fingerprint density at radius 3 is 0.299 bits per heavy atom. The Bertz CT molecular complexity index is 4490. The number of alkyl halides is 48. The fourth-order valence-electron chi connectivity index (χ4n) is 13.7. The zero-order valence-electron chi connectivity index (χ0n) is 65.5. The minimum atomic E-state index is -6.13. The van der Waals surface area contributed by atoms with Gasteiger partial charge in [0.05, 0.1) is 89.0 Å². The fourth-order valence-corrected chi connectivity index (χ4v) is 13.7. The van der Waals surface area contributed by atoms with Crippen LogP contribution in [0, 0.1) is 0 Å². The van der Waals surface area contributed by atoms with Gasteiger partial charge in [0.2, 0.25) is 0 Å². The second-order valence-corrected chi connectivity index (χ2v) is 29.1. The van der Waals surface area contributed by atoms with Crippen LogP contribution in [0.3, 0.4) is 0 Å². The summed E-state index contributed by atoms with van der Waals surface area (Å²) in [4.78, 5) is 0. The van der Waals surface area contributed by atoms with Crippen molar-refractivity contribution in [2.45, 2.75) is 125 Å². The van der Waals surface area contributed by atoms with E-state index in [1.54, 1.807) is 0 Å². The SMILES string of the molecule is C[C@@H]([NH3+])c1ccccc1.C[C@@H]([NH3+])c1ccccc1.FC(F)(F)c1cc([B-](c2cc(C(F)(F)F)cc(C(F)(F)F)c2)(c2cc(C(F)(F)F)cc(C(F)(F)F)c2)c2cc(C(F)(F)F)cc(C(F)(F)F)c2)cc(C(F)(F)F)c1.FC(F)(F)c1cc([B-](c2cc(C(F)(F)F)cc(C(F)(F)F)c2)(c2cc(C(F)(F)F)cc(C(F)(F)F)c2)c2cc(C(F)(F)F)cc(C(F)(F)F)c2)cc(C(F)(F)F)c1.O.O. The maximum atomic E-state index is 14.2. The van der Waals surface area contributed by atoms with E-state index >= 15 is 0 Å². The third-order valence-corrected chi connectivity index (χ3v) is 19.6. The lowest BCUT2D eigenvalue weighted by atomic mass is 9.12. The Kier molecular flexibility index (Phi) is 32.6. The molecule has 0 fully saturated rings. The molecule has 0 bridgehead atoms. The molecule has 10 rings (SSSR count). The Morgan fingerprint density at radius 2 is 0.239 bits per heavy atom. The topological polar surface area (TPSA) is 118 Å². The van der Waals surface area contributed by atoms with Gasteiger partial charge in [-0.05, 0) is 62.4 Å². The molecule has 134 heavy (non-hydrogen) atoms. The van der Waals surface area contributed by atoms with Gasteiger partial charge in [-0.1, -0.05) is 158 Å². The van der Waals surface area contributed by atoms with Gasteiger partial charge in [0.25, 0.3) is 0 Å². The predicted octanol–water partition coefficient (Wildman–Crippen LogP) is 22.8. The molecule has 0 spiro atoms. The zero-order valence-corrected chi connectivity index (χ0v) is 65.5. The summed E-state index contributed by atoms with van der Waals surface area (Å²) in [6.45, 7) is 4.19. The van der Waals surface area contributed by atoms with Crippen LogP contribution in [0.2, 0.25) is 0 Å². The number of rotatable bonds is 10. The quantitative estimate of drug-likeness (QED) is 0.100. The van der Waals surface area contributed by atoms with Crippen molar-refractivity contribution in [3.05, 3.63) is 306 Å². The molecular formula is C80H52B2F48N2O2. The van der Waals surface area contributed by atoms with E-state index in [-0.39, 0.29) is 11.0 Å². The molecule has 10 aromatic rings. The van der Waals surface area contributed by atoms with Crippen molar-refractivity contribution in [2.24, 2.45) is 0 Å². The highest BCUT2D eigenvalue weighted by Gasteiger charge is 2.52. The lowest BCUT2D eigenvalue weighted by molar-refractivity contribution is -0.420. The van der Waals surface area contributed by atoms with E-state index in [1.807, 2.05) is 36.4 Å². The van der Waals surface area contributed by atoms with E-state index < -0.39 is 389 Å². The van der Waals surface area contributed by atoms with Crippen LogP contribution in [0.5, 0.6) is 0 Å². The third kappa shape index (κ3) is 27.1.